The summed E-state index contributed by atoms with van der Waals surface area (Å²) in [7, 11) is -2.49. The van der Waals surface area contributed by atoms with Crippen LogP contribution in [0.25, 0.3) is 0 Å². The zero-order valence-corrected chi connectivity index (χ0v) is 20.0. The van der Waals surface area contributed by atoms with Gasteiger partial charge in [-0.2, -0.15) is 4.98 Å². The molecule has 2 aliphatic heterocycles. The summed E-state index contributed by atoms with van der Waals surface area (Å²) in [5, 5.41) is 10.8. The molecule has 0 fully saturated rings. The number of aromatic nitrogens is 2. The summed E-state index contributed by atoms with van der Waals surface area (Å²) in [6, 6.07) is 13.4. The predicted molar refractivity (Wildman–Crippen MR) is 135 cm³/mol. The van der Waals surface area contributed by atoms with Gasteiger partial charge in [0, 0.05) is 36.3 Å². The summed E-state index contributed by atoms with van der Waals surface area (Å²) in [6.07, 6.45) is 3.54. The zero-order valence-electron chi connectivity index (χ0n) is 18.3. The van der Waals surface area contributed by atoms with Gasteiger partial charge in [-0.25, -0.2) is 4.98 Å². The maximum absolute atomic E-state index is 12.7. The van der Waals surface area contributed by atoms with Crippen molar-refractivity contribution in [3.8, 4) is 5.75 Å². The van der Waals surface area contributed by atoms with E-state index in [1.807, 2.05) is 48.7 Å². The first-order valence-corrected chi connectivity index (χ1v) is 13.5. The van der Waals surface area contributed by atoms with Crippen molar-refractivity contribution in [1.29, 1.82) is 0 Å². The Morgan fingerprint density at radius 1 is 1.18 bits per heavy atom. The quantitative estimate of drug-likeness (QED) is 0.458. The van der Waals surface area contributed by atoms with Gasteiger partial charge in [0.05, 0.1) is 23.3 Å². The lowest BCUT2D eigenvalue weighted by atomic mass is 10.1. The molecule has 2 aromatic carbocycles. The molecule has 0 unspecified atom stereocenters. The summed E-state index contributed by atoms with van der Waals surface area (Å²) in [4.78, 5) is 11.1. The highest BCUT2D eigenvalue weighted by atomic mass is 35.5. The van der Waals surface area contributed by atoms with E-state index in [1.165, 1.54) is 6.20 Å². The van der Waals surface area contributed by atoms with Crippen LogP contribution in [-0.2, 0) is 4.57 Å². The van der Waals surface area contributed by atoms with E-state index in [9.17, 15) is 4.57 Å². The molecule has 8 nitrogen and oxygen atoms in total. The largest absolute Gasteiger partial charge is 0.485 e. The molecule has 1 aromatic heterocycles. The second-order valence-electron chi connectivity index (χ2n) is 8.22. The fourth-order valence-electron chi connectivity index (χ4n) is 3.89. The molecule has 0 saturated carbocycles. The monoisotopic (exact) mass is 482 g/mol. The maximum Gasteiger partial charge on any atom is 0.229 e. The summed E-state index contributed by atoms with van der Waals surface area (Å²) in [6.45, 7) is 5.78. The molecule has 0 amide bonds. The minimum atomic E-state index is -2.49. The van der Waals surface area contributed by atoms with Crippen LogP contribution in [0.15, 0.2) is 60.6 Å². The van der Waals surface area contributed by atoms with Crippen LogP contribution in [-0.4, -0.2) is 43.0 Å². The Labute approximate surface area is 197 Å². The van der Waals surface area contributed by atoms with Crippen LogP contribution in [0.4, 0.5) is 28.8 Å². The Kier molecular flexibility index (Phi) is 5.64. The standard InChI is InChI=1S/C23H24ClN6O2P/c1-33(2,31)21-6-4-3-5-18(21)28-22-17(24)13-26-23(29-22)27-15-7-8-19-20(11-15)32-14-16-12-25-9-10-30(16)19/h3-8,11-13,25H,9-10,14H2,1-2H3,(H2,26,27,28,29). The number of hydrogen-bond acceptors (Lipinski definition) is 8. The molecule has 5 rings (SSSR count). The minimum Gasteiger partial charge on any atom is -0.485 e. The third-order valence-electron chi connectivity index (χ3n) is 5.46. The lowest BCUT2D eigenvalue weighted by Gasteiger charge is -2.36. The van der Waals surface area contributed by atoms with Crippen LogP contribution in [0, 0.1) is 0 Å². The number of hydrogen-bond donors (Lipinski definition) is 3. The molecule has 0 aliphatic carbocycles. The zero-order chi connectivity index (χ0) is 23.0. The summed E-state index contributed by atoms with van der Waals surface area (Å²) < 4.78 is 18.6. The van der Waals surface area contributed by atoms with Gasteiger partial charge in [0.25, 0.3) is 0 Å². The molecule has 3 N–H and O–H groups in total. The van der Waals surface area contributed by atoms with Gasteiger partial charge in [0.15, 0.2) is 5.82 Å². The summed E-state index contributed by atoms with van der Waals surface area (Å²) >= 11 is 6.36. The van der Waals surface area contributed by atoms with Gasteiger partial charge < -0.3 is 30.2 Å². The van der Waals surface area contributed by atoms with Gasteiger partial charge in [-0.3, -0.25) is 0 Å². The van der Waals surface area contributed by atoms with Crippen LogP contribution in [0.5, 0.6) is 5.75 Å². The van der Waals surface area contributed by atoms with E-state index >= 15 is 0 Å². The van der Waals surface area contributed by atoms with E-state index in [4.69, 9.17) is 16.3 Å². The third kappa shape index (κ3) is 4.49. The molecule has 0 saturated heterocycles. The Balaban J connectivity index is 1.39. The van der Waals surface area contributed by atoms with Gasteiger partial charge >= 0.3 is 0 Å². The van der Waals surface area contributed by atoms with Crippen LogP contribution < -0.4 is 30.9 Å². The molecule has 3 heterocycles. The minimum absolute atomic E-state index is 0.365. The number of para-hydroxylation sites is 1. The lowest BCUT2D eigenvalue weighted by molar-refractivity contribution is 0.331. The van der Waals surface area contributed by atoms with Crippen molar-refractivity contribution < 1.29 is 9.30 Å². The molecule has 0 atom stereocenters. The second-order valence-corrected chi connectivity index (χ2v) is 11.8. The molecular weight excluding hydrogens is 459 g/mol. The average Bonchev–Trinajstić information content (AvgIpc) is 2.81. The van der Waals surface area contributed by atoms with Gasteiger partial charge in [-0.15, -0.1) is 0 Å². The number of nitrogens with zero attached hydrogens (tertiary/aromatic N) is 3. The first kappa shape index (κ1) is 21.6. The van der Waals surface area contributed by atoms with Crippen molar-refractivity contribution in [1.82, 2.24) is 15.3 Å². The van der Waals surface area contributed by atoms with Crippen molar-refractivity contribution in [2.24, 2.45) is 0 Å². The highest BCUT2D eigenvalue weighted by molar-refractivity contribution is 7.70. The Hall–Kier alpha value is -3.22. The molecule has 170 valence electrons. The molecule has 3 aromatic rings. The lowest BCUT2D eigenvalue weighted by Crippen LogP contribution is -2.40. The fourth-order valence-corrected chi connectivity index (χ4v) is 5.18. The van der Waals surface area contributed by atoms with Crippen molar-refractivity contribution in [3.05, 3.63) is 65.6 Å². The summed E-state index contributed by atoms with van der Waals surface area (Å²) in [5.74, 6) is 1.62. The van der Waals surface area contributed by atoms with Crippen molar-refractivity contribution in [2.75, 3.05) is 48.6 Å². The van der Waals surface area contributed by atoms with Crippen molar-refractivity contribution in [2.45, 2.75) is 0 Å². The van der Waals surface area contributed by atoms with E-state index in [2.05, 4.69) is 30.8 Å². The Morgan fingerprint density at radius 2 is 2.03 bits per heavy atom. The maximum atomic E-state index is 12.7. The fraction of sp³-hybridized carbons (Fsp3) is 0.217. The van der Waals surface area contributed by atoms with Crippen molar-refractivity contribution in [3.63, 3.8) is 0 Å². The van der Waals surface area contributed by atoms with Crippen LogP contribution >= 0.6 is 18.7 Å². The van der Waals surface area contributed by atoms with E-state index < -0.39 is 7.14 Å². The molecule has 10 heteroatoms. The summed E-state index contributed by atoms with van der Waals surface area (Å²) in [5.41, 5.74) is 3.67. The number of fused-ring (bicyclic) bond motifs is 3. The van der Waals surface area contributed by atoms with Gasteiger partial charge in [-0.1, -0.05) is 23.7 Å². The number of nitrogens with one attached hydrogen (secondary N) is 3. The molecule has 33 heavy (non-hydrogen) atoms. The van der Waals surface area contributed by atoms with E-state index in [0.717, 1.165) is 41.2 Å². The predicted octanol–water partition coefficient (Wildman–Crippen LogP) is 4.51. The van der Waals surface area contributed by atoms with Crippen molar-refractivity contribution >= 4 is 52.9 Å². The van der Waals surface area contributed by atoms with Crippen LogP contribution in [0.1, 0.15) is 0 Å². The van der Waals surface area contributed by atoms with Gasteiger partial charge in [-0.05, 0) is 37.6 Å². The van der Waals surface area contributed by atoms with E-state index in [0.29, 0.717) is 29.1 Å². The van der Waals surface area contributed by atoms with E-state index in [-0.39, 0.29) is 0 Å². The van der Waals surface area contributed by atoms with Gasteiger partial charge in [0.1, 0.15) is 24.5 Å². The first-order chi connectivity index (χ1) is 15.9. The Morgan fingerprint density at radius 3 is 2.88 bits per heavy atom. The number of benzene rings is 2. The number of rotatable bonds is 5. The molecular formula is C23H24ClN6O2P. The molecule has 0 bridgehead atoms. The molecule has 0 radical (unpaired) electrons. The molecule has 0 spiro atoms. The van der Waals surface area contributed by atoms with Gasteiger partial charge in [0.2, 0.25) is 5.95 Å². The number of anilines is 5. The number of ether oxygens (including phenoxy) is 1. The van der Waals surface area contributed by atoms with Crippen LogP contribution in [0.2, 0.25) is 5.02 Å². The molecule has 2 aliphatic rings. The van der Waals surface area contributed by atoms with E-state index in [1.54, 1.807) is 13.3 Å². The second kappa shape index (κ2) is 8.61. The number of halogens is 1. The normalized spacial score (nSPS) is 14.9. The SMILES string of the molecule is CP(C)(=O)c1ccccc1Nc1nc(Nc2ccc3c(c2)OCC2=CNCCN23)ncc1Cl. The Bertz CT molecular complexity index is 1290. The third-order valence-corrected chi connectivity index (χ3v) is 7.29. The highest BCUT2D eigenvalue weighted by Gasteiger charge is 2.24. The average molecular weight is 483 g/mol. The first-order valence-electron chi connectivity index (χ1n) is 10.6. The topological polar surface area (TPSA) is 91.4 Å². The van der Waals surface area contributed by atoms with Crippen LogP contribution in [0.3, 0.4) is 0 Å². The smallest absolute Gasteiger partial charge is 0.229 e. The highest BCUT2D eigenvalue weighted by Crippen LogP contribution is 2.39.